The van der Waals surface area contributed by atoms with Crippen LogP contribution in [-0.2, 0) is 0 Å². The summed E-state index contributed by atoms with van der Waals surface area (Å²) in [5.74, 6) is 0.622. The Morgan fingerprint density at radius 2 is 2.00 bits per heavy atom. The van der Waals surface area contributed by atoms with Crippen molar-refractivity contribution in [2.75, 3.05) is 0 Å². The molecule has 1 atom stereocenters. The Balaban J connectivity index is 2.11. The number of carbonyl (C=O) groups is 1. The Kier molecular flexibility index (Phi) is 4.22. The van der Waals surface area contributed by atoms with Crippen molar-refractivity contribution in [3.8, 4) is 0 Å². The summed E-state index contributed by atoms with van der Waals surface area (Å²) in [6, 6.07) is 9.72. The van der Waals surface area contributed by atoms with Gasteiger partial charge in [0, 0.05) is 23.6 Å². The summed E-state index contributed by atoms with van der Waals surface area (Å²) >= 11 is 0. The van der Waals surface area contributed by atoms with Crippen molar-refractivity contribution in [2.45, 2.75) is 40.5 Å². The van der Waals surface area contributed by atoms with Crippen LogP contribution in [0.25, 0.3) is 10.9 Å². The summed E-state index contributed by atoms with van der Waals surface area (Å²) in [4.78, 5) is 16.7. The van der Waals surface area contributed by atoms with Crippen molar-refractivity contribution in [3.05, 3.63) is 42.1 Å². The van der Waals surface area contributed by atoms with E-state index in [1.54, 1.807) is 6.20 Å². The van der Waals surface area contributed by atoms with Gasteiger partial charge in [-0.25, -0.2) is 0 Å². The number of nitrogens with zero attached hydrogens (tertiary/aromatic N) is 1. The molecule has 2 aromatic rings. The number of aromatic nitrogens is 1. The van der Waals surface area contributed by atoms with Crippen LogP contribution < -0.4 is 0 Å². The quantitative estimate of drug-likeness (QED) is 0.740. The molecule has 0 saturated carbocycles. The molecule has 0 aliphatic heterocycles. The van der Waals surface area contributed by atoms with Crippen LogP contribution in [0.3, 0.4) is 0 Å². The highest BCUT2D eigenvalue weighted by Crippen LogP contribution is 2.27. The molecule has 0 spiro atoms. The Bertz CT molecular complexity index is 610. The molecular weight excluding hydrogens is 246 g/mol. The fraction of sp³-hybridized carbons (Fsp3) is 0.444. The maximum absolute atomic E-state index is 12.4. The van der Waals surface area contributed by atoms with E-state index in [2.05, 4.69) is 32.7 Å². The normalized spacial score (nSPS) is 13.4. The van der Waals surface area contributed by atoms with Crippen LogP contribution in [-0.4, -0.2) is 10.8 Å². The smallest absolute Gasteiger partial charge is 0.163 e. The molecule has 2 rings (SSSR count). The number of benzene rings is 1. The highest BCUT2D eigenvalue weighted by atomic mass is 16.1. The molecule has 20 heavy (non-hydrogen) atoms. The summed E-state index contributed by atoms with van der Waals surface area (Å²) in [6.45, 7) is 8.80. The third-order valence-electron chi connectivity index (χ3n) is 3.42. The Morgan fingerprint density at radius 1 is 1.25 bits per heavy atom. The number of carbonyl (C=O) groups excluding carboxylic acids is 1. The first-order valence-electron chi connectivity index (χ1n) is 7.23. The van der Waals surface area contributed by atoms with E-state index in [-0.39, 0.29) is 11.2 Å². The molecule has 2 heteroatoms. The maximum atomic E-state index is 12.4. The van der Waals surface area contributed by atoms with Gasteiger partial charge in [0.15, 0.2) is 5.78 Å². The summed E-state index contributed by atoms with van der Waals surface area (Å²) in [6.07, 6.45) is 3.43. The number of hydrogen-bond acceptors (Lipinski definition) is 2. The van der Waals surface area contributed by atoms with E-state index >= 15 is 0 Å². The van der Waals surface area contributed by atoms with Crippen LogP contribution in [0, 0.1) is 11.3 Å². The molecule has 0 fully saturated rings. The third kappa shape index (κ3) is 3.89. The molecule has 1 heterocycles. The van der Waals surface area contributed by atoms with Crippen LogP contribution in [0.5, 0.6) is 0 Å². The minimum Gasteiger partial charge on any atom is -0.294 e. The SMILES string of the molecule is CC(CC(=O)c1ccc2cccnc2c1)CC(C)(C)C. The van der Waals surface area contributed by atoms with Crippen molar-refractivity contribution < 1.29 is 4.79 Å². The van der Waals surface area contributed by atoms with E-state index in [0.29, 0.717) is 12.3 Å². The van der Waals surface area contributed by atoms with Gasteiger partial charge in [0.25, 0.3) is 0 Å². The minimum absolute atomic E-state index is 0.217. The van der Waals surface area contributed by atoms with Gasteiger partial charge in [-0.1, -0.05) is 45.9 Å². The number of rotatable bonds is 4. The van der Waals surface area contributed by atoms with Crippen LogP contribution in [0.2, 0.25) is 0 Å². The zero-order valence-corrected chi connectivity index (χ0v) is 12.8. The van der Waals surface area contributed by atoms with Crippen LogP contribution >= 0.6 is 0 Å². The van der Waals surface area contributed by atoms with Gasteiger partial charge in [-0.05, 0) is 29.9 Å². The average molecular weight is 269 g/mol. The van der Waals surface area contributed by atoms with Crippen molar-refractivity contribution in [1.29, 1.82) is 0 Å². The monoisotopic (exact) mass is 269 g/mol. The molecule has 0 amide bonds. The molecule has 2 nitrogen and oxygen atoms in total. The second-order valence-electron chi connectivity index (χ2n) is 6.91. The lowest BCUT2D eigenvalue weighted by atomic mass is 9.83. The number of Topliss-reactive ketones (excluding diaryl/α,β-unsaturated/α-hetero) is 1. The number of hydrogen-bond donors (Lipinski definition) is 0. The summed E-state index contributed by atoms with van der Waals surface area (Å²) < 4.78 is 0. The molecule has 1 aromatic carbocycles. The molecule has 0 bridgehead atoms. The highest BCUT2D eigenvalue weighted by molar-refractivity contribution is 5.99. The molecule has 106 valence electrons. The molecule has 1 aromatic heterocycles. The van der Waals surface area contributed by atoms with Gasteiger partial charge >= 0.3 is 0 Å². The molecule has 0 N–H and O–H groups in total. The summed E-state index contributed by atoms with van der Waals surface area (Å²) in [5, 5.41) is 1.08. The first-order valence-corrected chi connectivity index (χ1v) is 7.23. The van der Waals surface area contributed by atoms with Gasteiger partial charge in [-0.2, -0.15) is 0 Å². The standard InChI is InChI=1S/C18H23NO/c1-13(12-18(2,3)4)10-17(20)15-8-7-14-6-5-9-19-16(14)11-15/h5-9,11,13H,10,12H2,1-4H3. The van der Waals surface area contributed by atoms with E-state index in [4.69, 9.17) is 0 Å². The third-order valence-corrected chi connectivity index (χ3v) is 3.42. The van der Waals surface area contributed by atoms with Gasteiger partial charge in [0.05, 0.1) is 5.52 Å². The van der Waals surface area contributed by atoms with E-state index in [1.807, 2.05) is 30.3 Å². The van der Waals surface area contributed by atoms with Crippen molar-refractivity contribution in [1.82, 2.24) is 4.98 Å². The van der Waals surface area contributed by atoms with Gasteiger partial charge in [0.1, 0.15) is 0 Å². The minimum atomic E-state index is 0.217. The van der Waals surface area contributed by atoms with Crippen LogP contribution in [0.1, 0.15) is 50.9 Å². The predicted octanol–water partition coefficient (Wildman–Crippen LogP) is 4.88. The van der Waals surface area contributed by atoms with Gasteiger partial charge in [-0.3, -0.25) is 9.78 Å². The second kappa shape index (κ2) is 5.74. The molecule has 0 aliphatic rings. The fourth-order valence-electron chi connectivity index (χ4n) is 2.79. The second-order valence-corrected chi connectivity index (χ2v) is 6.91. The van der Waals surface area contributed by atoms with E-state index in [9.17, 15) is 4.79 Å². The zero-order valence-electron chi connectivity index (χ0n) is 12.8. The lowest BCUT2D eigenvalue weighted by Crippen LogP contribution is -2.14. The summed E-state index contributed by atoms with van der Waals surface area (Å²) in [5.41, 5.74) is 1.93. The predicted molar refractivity (Wildman–Crippen MR) is 83.9 cm³/mol. The van der Waals surface area contributed by atoms with Gasteiger partial charge in [0.2, 0.25) is 0 Å². The average Bonchev–Trinajstić information content (AvgIpc) is 2.35. The Hall–Kier alpha value is -1.70. The lowest BCUT2D eigenvalue weighted by molar-refractivity contribution is 0.0954. The Morgan fingerprint density at radius 3 is 2.70 bits per heavy atom. The van der Waals surface area contributed by atoms with E-state index in [0.717, 1.165) is 22.9 Å². The van der Waals surface area contributed by atoms with Crippen LogP contribution in [0.15, 0.2) is 36.5 Å². The maximum Gasteiger partial charge on any atom is 0.163 e. The number of ketones is 1. The van der Waals surface area contributed by atoms with E-state index < -0.39 is 0 Å². The van der Waals surface area contributed by atoms with E-state index in [1.165, 1.54) is 0 Å². The topological polar surface area (TPSA) is 30.0 Å². The molecular formula is C18H23NO. The first-order chi connectivity index (χ1) is 9.35. The Labute approximate surface area is 121 Å². The van der Waals surface area contributed by atoms with Gasteiger partial charge in [-0.15, -0.1) is 0 Å². The van der Waals surface area contributed by atoms with Crippen molar-refractivity contribution in [2.24, 2.45) is 11.3 Å². The molecule has 0 radical (unpaired) electrons. The molecule has 0 aliphatic carbocycles. The summed E-state index contributed by atoms with van der Waals surface area (Å²) in [7, 11) is 0. The first kappa shape index (κ1) is 14.7. The van der Waals surface area contributed by atoms with Gasteiger partial charge < -0.3 is 0 Å². The molecule has 1 unspecified atom stereocenters. The zero-order chi connectivity index (χ0) is 14.8. The fourth-order valence-corrected chi connectivity index (χ4v) is 2.79. The van der Waals surface area contributed by atoms with Crippen LogP contribution in [0.4, 0.5) is 0 Å². The number of pyridine rings is 1. The number of fused-ring (bicyclic) bond motifs is 1. The highest BCUT2D eigenvalue weighted by Gasteiger charge is 2.18. The van der Waals surface area contributed by atoms with Crippen molar-refractivity contribution in [3.63, 3.8) is 0 Å². The molecule has 0 saturated heterocycles. The lowest BCUT2D eigenvalue weighted by Gasteiger charge is -2.22. The van der Waals surface area contributed by atoms with Crippen molar-refractivity contribution >= 4 is 16.7 Å². The largest absolute Gasteiger partial charge is 0.294 e.